The topological polar surface area (TPSA) is 28.7 Å². The van der Waals surface area contributed by atoms with E-state index in [0.29, 0.717) is 9.66 Å². The first-order valence-electron chi connectivity index (χ1n) is 4.06. The Hall–Kier alpha value is -1.19. The first kappa shape index (κ1) is 9.37. The largest absolute Gasteiger partial charge is 0.337 e. The third-order valence-electron chi connectivity index (χ3n) is 1.88. The monoisotopic (exact) mass is 222 g/mol. The molecule has 1 aromatic carbocycles. The lowest BCUT2D eigenvalue weighted by atomic mass is 10.1. The summed E-state index contributed by atoms with van der Waals surface area (Å²) in [5, 5.41) is 0.681. The lowest BCUT2D eigenvalue weighted by Crippen LogP contribution is -1.85. The van der Waals surface area contributed by atoms with Gasteiger partial charge in [-0.15, -0.1) is 0 Å². The average Bonchev–Trinajstić information content (AvgIpc) is 2.20. The fourth-order valence-corrected chi connectivity index (χ4v) is 1.67. The lowest BCUT2D eigenvalue weighted by molar-refractivity contribution is 1.15. The number of H-pyrrole nitrogens is 1. The van der Waals surface area contributed by atoms with Crippen molar-refractivity contribution in [3.63, 3.8) is 0 Å². The molecule has 2 nitrogen and oxygen atoms in total. The highest BCUT2D eigenvalue weighted by Crippen LogP contribution is 2.26. The van der Waals surface area contributed by atoms with E-state index in [1.807, 2.05) is 24.3 Å². The molecular formula is C10H7ClN2S. The summed E-state index contributed by atoms with van der Waals surface area (Å²) in [4.78, 5) is 6.85. The van der Waals surface area contributed by atoms with E-state index in [1.165, 1.54) is 0 Å². The number of aromatic amines is 1. The van der Waals surface area contributed by atoms with Crippen molar-refractivity contribution in [2.75, 3.05) is 0 Å². The molecule has 1 aromatic heterocycles. The minimum atomic E-state index is 0.646. The van der Waals surface area contributed by atoms with Crippen molar-refractivity contribution in [2.24, 2.45) is 0 Å². The summed E-state index contributed by atoms with van der Waals surface area (Å²) in [5.41, 5.74) is 1.76. The van der Waals surface area contributed by atoms with Crippen molar-refractivity contribution in [3.05, 3.63) is 46.5 Å². The van der Waals surface area contributed by atoms with Gasteiger partial charge < -0.3 is 4.98 Å². The molecule has 1 heterocycles. The summed E-state index contributed by atoms with van der Waals surface area (Å²) in [6.45, 7) is 0. The molecule has 0 saturated heterocycles. The van der Waals surface area contributed by atoms with E-state index in [0.717, 1.165) is 11.1 Å². The quantitative estimate of drug-likeness (QED) is 0.749. The molecule has 0 aliphatic carbocycles. The molecule has 2 rings (SSSR count). The summed E-state index contributed by atoms with van der Waals surface area (Å²) in [7, 11) is 0. The Morgan fingerprint density at radius 3 is 2.71 bits per heavy atom. The smallest absolute Gasteiger partial charge is 0.113 e. The van der Waals surface area contributed by atoms with E-state index in [-0.39, 0.29) is 0 Å². The lowest BCUT2D eigenvalue weighted by Gasteiger charge is -2.02. The third kappa shape index (κ3) is 1.69. The van der Waals surface area contributed by atoms with Crippen LogP contribution in [0.4, 0.5) is 0 Å². The molecule has 0 spiro atoms. The molecule has 4 heteroatoms. The van der Waals surface area contributed by atoms with Gasteiger partial charge in [0.1, 0.15) is 4.64 Å². The predicted octanol–water partition coefficient (Wildman–Crippen LogP) is 3.46. The van der Waals surface area contributed by atoms with Crippen molar-refractivity contribution >= 4 is 23.8 Å². The number of halogens is 1. The van der Waals surface area contributed by atoms with Gasteiger partial charge in [-0.3, -0.25) is 0 Å². The van der Waals surface area contributed by atoms with Gasteiger partial charge in [0.15, 0.2) is 0 Å². The standard InChI is InChI=1S/C10H7ClN2S/c11-9-4-2-1-3-7(9)8-5-12-6-13-10(8)14/h1-6H,(H,12,13,14). The number of aromatic nitrogens is 2. The molecule has 1 N–H and O–H groups in total. The van der Waals surface area contributed by atoms with Gasteiger partial charge in [0.05, 0.1) is 6.33 Å². The Morgan fingerprint density at radius 2 is 2.00 bits per heavy atom. The summed E-state index contributed by atoms with van der Waals surface area (Å²) < 4.78 is 0.646. The second kappa shape index (κ2) is 3.90. The summed E-state index contributed by atoms with van der Waals surface area (Å²) in [5.74, 6) is 0. The fourth-order valence-electron chi connectivity index (χ4n) is 1.22. The SMILES string of the molecule is S=c1[nH]cncc1-c1ccccc1Cl. The van der Waals surface area contributed by atoms with E-state index >= 15 is 0 Å². The van der Waals surface area contributed by atoms with Gasteiger partial charge in [-0.2, -0.15) is 0 Å². The average molecular weight is 223 g/mol. The van der Waals surface area contributed by atoms with E-state index in [4.69, 9.17) is 23.8 Å². The number of nitrogens with one attached hydrogen (secondary N) is 1. The van der Waals surface area contributed by atoms with Gasteiger partial charge in [-0.25, -0.2) is 4.98 Å². The van der Waals surface area contributed by atoms with Gasteiger partial charge in [0.25, 0.3) is 0 Å². The van der Waals surface area contributed by atoms with Crippen LogP contribution in [0.1, 0.15) is 0 Å². The number of nitrogens with zero attached hydrogens (tertiary/aromatic N) is 1. The van der Waals surface area contributed by atoms with Gasteiger partial charge in [0.2, 0.25) is 0 Å². The molecule has 0 atom stereocenters. The van der Waals surface area contributed by atoms with Crippen molar-refractivity contribution in [1.29, 1.82) is 0 Å². The third-order valence-corrected chi connectivity index (χ3v) is 2.55. The molecule has 0 fully saturated rings. The minimum Gasteiger partial charge on any atom is -0.337 e. The van der Waals surface area contributed by atoms with Crippen LogP contribution in [0, 0.1) is 4.64 Å². The van der Waals surface area contributed by atoms with Gasteiger partial charge in [0, 0.05) is 22.3 Å². The normalized spacial score (nSPS) is 10.1. The minimum absolute atomic E-state index is 0.646. The Kier molecular flexibility index (Phi) is 2.61. The fraction of sp³-hybridized carbons (Fsp3) is 0. The second-order valence-corrected chi connectivity index (χ2v) is 3.59. The molecule has 2 aromatic rings. The molecule has 0 bridgehead atoms. The first-order chi connectivity index (χ1) is 6.79. The summed E-state index contributed by atoms with van der Waals surface area (Å²) in [6, 6.07) is 7.56. The van der Waals surface area contributed by atoms with Crippen LogP contribution in [-0.2, 0) is 0 Å². The highest BCUT2D eigenvalue weighted by Gasteiger charge is 2.03. The maximum atomic E-state index is 6.04. The Bertz CT molecular complexity index is 507. The van der Waals surface area contributed by atoms with Gasteiger partial charge in [-0.05, 0) is 6.07 Å². The zero-order chi connectivity index (χ0) is 9.97. The highest BCUT2D eigenvalue weighted by atomic mass is 35.5. The molecular weight excluding hydrogens is 216 g/mol. The number of hydrogen-bond acceptors (Lipinski definition) is 2. The maximum absolute atomic E-state index is 6.04. The van der Waals surface area contributed by atoms with Gasteiger partial charge in [-0.1, -0.05) is 42.0 Å². The Labute approximate surface area is 91.6 Å². The van der Waals surface area contributed by atoms with Crippen molar-refractivity contribution in [1.82, 2.24) is 9.97 Å². The maximum Gasteiger partial charge on any atom is 0.113 e. The number of rotatable bonds is 1. The molecule has 0 saturated carbocycles. The molecule has 0 aliphatic heterocycles. The van der Waals surface area contributed by atoms with Crippen molar-refractivity contribution in [3.8, 4) is 11.1 Å². The zero-order valence-corrected chi connectivity index (χ0v) is 8.77. The van der Waals surface area contributed by atoms with Crippen LogP contribution in [0.3, 0.4) is 0 Å². The molecule has 0 amide bonds. The van der Waals surface area contributed by atoms with Crippen LogP contribution in [-0.4, -0.2) is 9.97 Å². The predicted molar refractivity (Wildman–Crippen MR) is 59.9 cm³/mol. The summed E-state index contributed by atoms with van der Waals surface area (Å²) in [6.07, 6.45) is 3.27. The van der Waals surface area contributed by atoms with E-state index < -0.39 is 0 Å². The molecule has 0 unspecified atom stereocenters. The first-order valence-corrected chi connectivity index (χ1v) is 4.85. The second-order valence-electron chi connectivity index (χ2n) is 2.77. The molecule has 0 radical (unpaired) electrons. The number of benzene rings is 1. The number of hydrogen-bond donors (Lipinski definition) is 1. The van der Waals surface area contributed by atoms with E-state index in [9.17, 15) is 0 Å². The van der Waals surface area contributed by atoms with E-state index in [2.05, 4.69) is 9.97 Å². The Balaban J connectivity index is 2.67. The van der Waals surface area contributed by atoms with Crippen LogP contribution in [0.2, 0.25) is 5.02 Å². The molecule has 0 aliphatic rings. The van der Waals surface area contributed by atoms with Crippen LogP contribution in [0.15, 0.2) is 36.8 Å². The van der Waals surface area contributed by atoms with Crippen molar-refractivity contribution in [2.45, 2.75) is 0 Å². The molecule has 14 heavy (non-hydrogen) atoms. The zero-order valence-electron chi connectivity index (χ0n) is 7.20. The van der Waals surface area contributed by atoms with Crippen LogP contribution < -0.4 is 0 Å². The van der Waals surface area contributed by atoms with Gasteiger partial charge >= 0.3 is 0 Å². The highest BCUT2D eigenvalue weighted by molar-refractivity contribution is 7.71. The van der Waals surface area contributed by atoms with Crippen LogP contribution >= 0.6 is 23.8 Å². The van der Waals surface area contributed by atoms with Crippen LogP contribution in [0.25, 0.3) is 11.1 Å². The molecule has 70 valence electrons. The Morgan fingerprint density at radius 1 is 1.21 bits per heavy atom. The van der Waals surface area contributed by atoms with Crippen molar-refractivity contribution < 1.29 is 0 Å². The van der Waals surface area contributed by atoms with E-state index in [1.54, 1.807) is 12.5 Å². The van der Waals surface area contributed by atoms with Crippen LogP contribution in [0.5, 0.6) is 0 Å². The summed E-state index contributed by atoms with van der Waals surface area (Å²) >= 11 is 11.2.